The van der Waals surface area contributed by atoms with E-state index < -0.39 is 11.7 Å². The summed E-state index contributed by atoms with van der Waals surface area (Å²) in [6, 6.07) is 5.16. The third-order valence-electron chi connectivity index (χ3n) is 2.84. The van der Waals surface area contributed by atoms with Crippen LogP contribution in [0.2, 0.25) is 0 Å². The first-order chi connectivity index (χ1) is 9.47. The molecule has 0 unspecified atom stereocenters. The van der Waals surface area contributed by atoms with Gasteiger partial charge in [0.25, 0.3) is 0 Å². The monoisotopic (exact) mass is 347 g/mol. The Balaban J connectivity index is 2.49. The lowest BCUT2D eigenvalue weighted by Gasteiger charge is -2.10. The summed E-state index contributed by atoms with van der Waals surface area (Å²) in [5.41, 5.74) is -0.255. The first-order valence-electron chi connectivity index (χ1n) is 6.13. The van der Waals surface area contributed by atoms with Crippen LogP contribution in [0.15, 0.2) is 24.3 Å². The Morgan fingerprint density at radius 2 is 2.00 bits per heavy atom. The van der Waals surface area contributed by atoms with Crippen molar-refractivity contribution in [3.63, 3.8) is 0 Å². The summed E-state index contributed by atoms with van der Waals surface area (Å²) >= 11 is 3.31. The van der Waals surface area contributed by atoms with Crippen LogP contribution in [0.4, 0.5) is 13.2 Å². The molecule has 0 bridgehead atoms. The van der Waals surface area contributed by atoms with Gasteiger partial charge in [-0.3, -0.25) is 0 Å². The van der Waals surface area contributed by atoms with Gasteiger partial charge in [-0.1, -0.05) is 35.0 Å². The summed E-state index contributed by atoms with van der Waals surface area (Å²) in [4.78, 5) is 0. The summed E-state index contributed by atoms with van der Waals surface area (Å²) in [5.74, 6) is 1.17. The topological polar surface area (TPSA) is 30.7 Å². The highest BCUT2D eigenvalue weighted by Crippen LogP contribution is 2.32. The standard InChI is InChI=1S/C13H13BrF3N3/c1-2-6-20-11(8-14)18-19-12(20)9-4-3-5-10(7-9)13(15,16)17/h3-5,7H,2,6,8H2,1H3. The van der Waals surface area contributed by atoms with Crippen molar-refractivity contribution < 1.29 is 13.2 Å². The van der Waals surface area contributed by atoms with Crippen molar-refractivity contribution >= 4 is 15.9 Å². The fourth-order valence-electron chi connectivity index (χ4n) is 1.94. The predicted molar refractivity (Wildman–Crippen MR) is 73.4 cm³/mol. The van der Waals surface area contributed by atoms with Gasteiger partial charge in [0.2, 0.25) is 0 Å². The minimum atomic E-state index is -4.36. The van der Waals surface area contributed by atoms with Crippen molar-refractivity contribution in [2.75, 3.05) is 0 Å². The van der Waals surface area contributed by atoms with Crippen LogP contribution in [0.3, 0.4) is 0 Å². The van der Waals surface area contributed by atoms with Gasteiger partial charge in [0.1, 0.15) is 5.82 Å². The lowest BCUT2D eigenvalue weighted by molar-refractivity contribution is -0.137. The maximum atomic E-state index is 12.8. The number of hydrogen-bond acceptors (Lipinski definition) is 2. The van der Waals surface area contributed by atoms with Crippen LogP contribution < -0.4 is 0 Å². The average molecular weight is 348 g/mol. The van der Waals surface area contributed by atoms with Crippen LogP contribution in [-0.4, -0.2) is 14.8 Å². The number of hydrogen-bond donors (Lipinski definition) is 0. The van der Waals surface area contributed by atoms with E-state index in [0.29, 0.717) is 29.1 Å². The highest BCUT2D eigenvalue weighted by molar-refractivity contribution is 9.08. The van der Waals surface area contributed by atoms with Crippen LogP contribution in [0.1, 0.15) is 24.7 Å². The zero-order chi connectivity index (χ0) is 14.8. The van der Waals surface area contributed by atoms with Gasteiger partial charge >= 0.3 is 6.18 Å². The molecule has 1 aromatic heterocycles. The molecule has 7 heteroatoms. The highest BCUT2D eigenvalue weighted by atomic mass is 79.9. The van der Waals surface area contributed by atoms with E-state index in [1.54, 1.807) is 6.07 Å². The Labute approximate surface area is 123 Å². The molecular weight excluding hydrogens is 335 g/mol. The summed E-state index contributed by atoms with van der Waals surface area (Å²) in [5, 5.41) is 8.53. The van der Waals surface area contributed by atoms with Gasteiger partial charge in [0, 0.05) is 12.1 Å². The highest BCUT2D eigenvalue weighted by Gasteiger charge is 2.30. The molecule has 0 fully saturated rings. The zero-order valence-electron chi connectivity index (χ0n) is 10.8. The third-order valence-corrected chi connectivity index (χ3v) is 3.34. The van der Waals surface area contributed by atoms with E-state index in [1.807, 2.05) is 11.5 Å². The first-order valence-corrected chi connectivity index (χ1v) is 7.25. The van der Waals surface area contributed by atoms with Gasteiger partial charge in [-0.05, 0) is 18.6 Å². The number of nitrogens with zero attached hydrogens (tertiary/aromatic N) is 3. The van der Waals surface area contributed by atoms with Crippen molar-refractivity contribution in [1.29, 1.82) is 0 Å². The Kier molecular flexibility index (Phi) is 4.47. The van der Waals surface area contributed by atoms with Gasteiger partial charge in [0.05, 0.1) is 10.9 Å². The molecule has 0 aliphatic rings. The van der Waals surface area contributed by atoms with E-state index in [9.17, 15) is 13.2 Å². The fourth-order valence-corrected chi connectivity index (χ4v) is 2.36. The lowest BCUT2D eigenvalue weighted by atomic mass is 10.1. The SMILES string of the molecule is CCCn1c(CBr)nnc1-c1cccc(C(F)(F)F)c1. The molecule has 2 aromatic rings. The van der Waals surface area contributed by atoms with Crippen molar-refractivity contribution in [3.8, 4) is 11.4 Å². The molecule has 0 N–H and O–H groups in total. The summed E-state index contributed by atoms with van der Waals surface area (Å²) < 4.78 is 40.1. The Bertz CT molecular complexity index is 593. The smallest absolute Gasteiger partial charge is 0.310 e. The molecule has 0 aliphatic heterocycles. The van der Waals surface area contributed by atoms with Crippen molar-refractivity contribution in [2.45, 2.75) is 31.4 Å². The maximum Gasteiger partial charge on any atom is 0.416 e. The summed E-state index contributed by atoms with van der Waals surface area (Å²) in [7, 11) is 0. The van der Waals surface area contributed by atoms with Crippen molar-refractivity contribution in [1.82, 2.24) is 14.8 Å². The average Bonchev–Trinajstić information content (AvgIpc) is 2.81. The van der Waals surface area contributed by atoms with Gasteiger partial charge < -0.3 is 4.57 Å². The normalized spacial score (nSPS) is 11.8. The number of aromatic nitrogens is 3. The molecule has 0 aliphatic carbocycles. The van der Waals surface area contributed by atoms with Crippen LogP contribution in [0.5, 0.6) is 0 Å². The van der Waals surface area contributed by atoms with E-state index in [0.717, 1.165) is 18.6 Å². The van der Waals surface area contributed by atoms with Crippen LogP contribution >= 0.6 is 15.9 Å². The second kappa shape index (κ2) is 5.95. The maximum absolute atomic E-state index is 12.8. The second-order valence-corrected chi connectivity index (χ2v) is 4.86. The molecule has 0 spiro atoms. The molecule has 3 nitrogen and oxygen atoms in total. The second-order valence-electron chi connectivity index (χ2n) is 4.30. The van der Waals surface area contributed by atoms with Gasteiger partial charge in [0.15, 0.2) is 5.82 Å². The molecule has 2 rings (SSSR count). The van der Waals surface area contributed by atoms with Gasteiger partial charge in [-0.15, -0.1) is 10.2 Å². The quantitative estimate of drug-likeness (QED) is 0.773. The largest absolute Gasteiger partial charge is 0.416 e. The summed E-state index contributed by atoms with van der Waals surface area (Å²) in [6.45, 7) is 2.66. The molecule has 0 saturated heterocycles. The fraction of sp³-hybridized carbons (Fsp3) is 0.385. The van der Waals surface area contributed by atoms with Crippen LogP contribution in [-0.2, 0) is 18.1 Å². The van der Waals surface area contributed by atoms with E-state index in [1.165, 1.54) is 6.07 Å². The first kappa shape index (κ1) is 15.0. The van der Waals surface area contributed by atoms with Crippen LogP contribution in [0.25, 0.3) is 11.4 Å². The summed E-state index contributed by atoms with van der Waals surface area (Å²) in [6.07, 6.45) is -3.51. The third kappa shape index (κ3) is 3.03. The van der Waals surface area contributed by atoms with Crippen molar-refractivity contribution in [3.05, 3.63) is 35.7 Å². The molecular formula is C13H13BrF3N3. The van der Waals surface area contributed by atoms with Gasteiger partial charge in [-0.25, -0.2) is 0 Å². The number of halogens is 4. The number of benzene rings is 1. The van der Waals surface area contributed by atoms with E-state index in [4.69, 9.17) is 0 Å². The molecule has 20 heavy (non-hydrogen) atoms. The lowest BCUT2D eigenvalue weighted by Crippen LogP contribution is -2.06. The van der Waals surface area contributed by atoms with E-state index >= 15 is 0 Å². The molecule has 1 heterocycles. The molecule has 0 atom stereocenters. The molecule has 0 radical (unpaired) electrons. The van der Waals surface area contributed by atoms with E-state index in [2.05, 4.69) is 26.1 Å². The number of rotatable bonds is 4. The zero-order valence-corrected chi connectivity index (χ0v) is 12.4. The number of alkyl halides is 4. The Morgan fingerprint density at radius 1 is 1.25 bits per heavy atom. The Hall–Kier alpha value is -1.37. The van der Waals surface area contributed by atoms with Crippen LogP contribution in [0, 0.1) is 0 Å². The van der Waals surface area contributed by atoms with Gasteiger partial charge in [-0.2, -0.15) is 13.2 Å². The molecule has 108 valence electrons. The minimum Gasteiger partial charge on any atom is -0.310 e. The molecule has 1 aromatic carbocycles. The molecule has 0 saturated carbocycles. The van der Waals surface area contributed by atoms with E-state index in [-0.39, 0.29) is 0 Å². The van der Waals surface area contributed by atoms with Crippen molar-refractivity contribution in [2.24, 2.45) is 0 Å². The predicted octanol–water partition coefficient (Wildman–Crippen LogP) is 4.27. The minimum absolute atomic E-state index is 0.424. The Morgan fingerprint density at radius 3 is 2.60 bits per heavy atom. The molecule has 0 amide bonds.